The summed E-state index contributed by atoms with van der Waals surface area (Å²) in [7, 11) is -2.80. The first kappa shape index (κ1) is 13.7. The molecular weight excluding hydrogens is 246 g/mol. The molecular formula is C10H19NO3S2. The summed E-state index contributed by atoms with van der Waals surface area (Å²) in [5, 5.41) is 3.35. The van der Waals surface area contributed by atoms with Crippen molar-refractivity contribution in [3.63, 3.8) is 0 Å². The number of thiocarbonyl (C=S) groups is 1. The maximum Gasteiger partial charge on any atom is 0.256 e. The quantitative estimate of drug-likeness (QED) is 0.772. The second-order valence-electron chi connectivity index (χ2n) is 4.27. The zero-order valence-electron chi connectivity index (χ0n) is 9.73. The Hall–Kier alpha value is -0.360. The lowest BCUT2D eigenvalue weighted by Crippen LogP contribution is -2.32. The fourth-order valence-electron chi connectivity index (χ4n) is 1.57. The van der Waals surface area contributed by atoms with Crippen molar-refractivity contribution in [3.8, 4) is 0 Å². The lowest BCUT2D eigenvalue weighted by atomic mass is 10.1. The van der Waals surface area contributed by atoms with Gasteiger partial charge in [0.25, 0.3) is 5.17 Å². The third-order valence-corrected chi connectivity index (χ3v) is 4.82. The Morgan fingerprint density at radius 1 is 1.62 bits per heavy atom. The lowest BCUT2D eigenvalue weighted by molar-refractivity contribution is 0.199. The number of ether oxygens (including phenoxy) is 1. The highest BCUT2D eigenvalue weighted by Crippen LogP contribution is 2.17. The molecule has 94 valence electrons. The number of rotatable bonds is 4. The molecule has 6 heteroatoms. The maximum atomic E-state index is 11.2. The third kappa shape index (κ3) is 4.65. The van der Waals surface area contributed by atoms with Gasteiger partial charge in [-0.2, -0.15) is 0 Å². The zero-order chi connectivity index (χ0) is 12.2. The van der Waals surface area contributed by atoms with E-state index in [1.54, 1.807) is 0 Å². The van der Waals surface area contributed by atoms with Crippen molar-refractivity contribution in [1.82, 2.24) is 5.32 Å². The Morgan fingerprint density at radius 3 is 2.81 bits per heavy atom. The van der Waals surface area contributed by atoms with E-state index >= 15 is 0 Å². The highest BCUT2D eigenvalue weighted by Gasteiger charge is 2.27. The fourth-order valence-corrected chi connectivity index (χ4v) is 3.68. The van der Waals surface area contributed by atoms with E-state index < -0.39 is 9.84 Å². The first-order valence-corrected chi connectivity index (χ1v) is 7.81. The molecule has 0 radical (unpaired) electrons. The van der Waals surface area contributed by atoms with Gasteiger partial charge in [0.2, 0.25) is 0 Å². The number of nitrogens with one attached hydrogen (secondary N) is 1. The highest BCUT2D eigenvalue weighted by atomic mass is 32.2. The van der Waals surface area contributed by atoms with Crippen LogP contribution in [-0.4, -0.2) is 37.7 Å². The summed E-state index contributed by atoms with van der Waals surface area (Å²) in [5.41, 5.74) is 0. The van der Waals surface area contributed by atoms with Gasteiger partial charge in [-0.3, -0.25) is 0 Å². The van der Waals surface area contributed by atoms with Gasteiger partial charge >= 0.3 is 0 Å². The van der Waals surface area contributed by atoms with Gasteiger partial charge in [-0.05, 0) is 37.9 Å². The molecule has 1 saturated heterocycles. The van der Waals surface area contributed by atoms with Gasteiger partial charge in [0, 0.05) is 6.54 Å². The van der Waals surface area contributed by atoms with E-state index in [-0.39, 0.29) is 17.8 Å². The van der Waals surface area contributed by atoms with Crippen molar-refractivity contribution in [2.75, 3.05) is 18.1 Å². The van der Waals surface area contributed by atoms with Crippen molar-refractivity contribution in [3.05, 3.63) is 0 Å². The minimum atomic E-state index is -2.80. The van der Waals surface area contributed by atoms with E-state index in [9.17, 15) is 8.42 Å². The monoisotopic (exact) mass is 265 g/mol. The van der Waals surface area contributed by atoms with Crippen LogP contribution in [0.1, 0.15) is 26.7 Å². The van der Waals surface area contributed by atoms with E-state index in [4.69, 9.17) is 17.0 Å². The van der Waals surface area contributed by atoms with E-state index in [1.165, 1.54) is 0 Å². The van der Waals surface area contributed by atoms with Crippen LogP contribution in [0, 0.1) is 5.92 Å². The molecule has 4 nitrogen and oxygen atoms in total. The Labute approximate surface area is 103 Å². The zero-order valence-corrected chi connectivity index (χ0v) is 11.4. The normalized spacial score (nSPS) is 25.0. The van der Waals surface area contributed by atoms with E-state index in [0.717, 1.165) is 12.8 Å². The number of sulfone groups is 1. The van der Waals surface area contributed by atoms with Gasteiger partial charge in [-0.1, -0.05) is 6.92 Å². The summed E-state index contributed by atoms with van der Waals surface area (Å²) in [4.78, 5) is 0. The van der Waals surface area contributed by atoms with Gasteiger partial charge in [-0.15, -0.1) is 0 Å². The van der Waals surface area contributed by atoms with Crippen LogP contribution in [0.3, 0.4) is 0 Å². The van der Waals surface area contributed by atoms with E-state index in [2.05, 4.69) is 5.32 Å². The number of hydrogen-bond donors (Lipinski definition) is 1. The summed E-state index contributed by atoms with van der Waals surface area (Å²) in [5.74, 6) is 0.744. The van der Waals surface area contributed by atoms with Crippen molar-refractivity contribution in [2.45, 2.75) is 32.8 Å². The molecule has 1 aliphatic rings. The predicted octanol–water partition coefficient (Wildman–Crippen LogP) is 1.11. The first-order chi connectivity index (χ1) is 7.43. The minimum Gasteiger partial charge on any atom is -0.468 e. The second-order valence-corrected chi connectivity index (χ2v) is 6.87. The second kappa shape index (κ2) is 5.82. The van der Waals surface area contributed by atoms with Crippen LogP contribution in [0.4, 0.5) is 0 Å². The van der Waals surface area contributed by atoms with Crippen LogP contribution in [-0.2, 0) is 14.6 Å². The van der Waals surface area contributed by atoms with Gasteiger partial charge in [0.15, 0.2) is 9.84 Å². The standard InChI is InChI=1S/C10H19NO3S2/c1-3-8(2)14-10(15)11-6-9-4-5-16(12,13)7-9/h8-9H,3-7H2,1-2H3,(H,11,15). The molecule has 0 bridgehead atoms. The Balaban J connectivity index is 2.23. The molecule has 0 aromatic carbocycles. The van der Waals surface area contributed by atoms with Crippen LogP contribution in [0.5, 0.6) is 0 Å². The lowest BCUT2D eigenvalue weighted by Gasteiger charge is -2.16. The maximum absolute atomic E-state index is 11.2. The Bertz CT molecular complexity index is 340. The average Bonchev–Trinajstić information content (AvgIpc) is 2.55. The molecule has 0 aromatic heterocycles. The Morgan fingerprint density at radius 2 is 2.31 bits per heavy atom. The average molecular weight is 265 g/mol. The van der Waals surface area contributed by atoms with Crippen molar-refractivity contribution in [1.29, 1.82) is 0 Å². The molecule has 2 unspecified atom stereocenters. The topological polar surface area (TPSA) is 55.4 Å². The van der Waals surface area contributed by atoms with Crippen LogP contribution in [0.15, 0.2) is 0 Å². The van der Waals surface area contributed by atoms with E-state index in [0.29, 0.717) is 17.5 Å². The highest BCUT2D eigenvalue weighted by molar-refractivity contribution is 7.91. The van der Waals surface area contributed by atoms with Crippen molar-refractivity contribution < 1.29 is 13.2 Å². The molecule has 1 rings (SSSR count). The molecule has 0 spiro atoms. The van der Waals surface area contributed by atoms with Crippen LogP contribution in [0.2, 0.25) is 0 Å². The van der Waals surface area contributed by atoms with Gasteiger partial charge in [-0.25, -0.2) is 8.42 Å². The van der Waals surface area contributed by atoms with Gasteiger partial charge < -0.3 is 10.1 Å². The molecule has 0 aromatic rings. The van der Waals surface area contributed by atoms with Crippen molar-refractivity contribution in [2.24, 2.45) is 5.92 Å². The number of hydrogen-bond acceptors (Lipinski definition) is 4. The van der Waals surface area contributed by atoms with E-state index in [1.807, 2.05) is 13.8 Å². The fraction of sp³-hybridized carbons (Fsp3) is 0.900. The van der Waals surface area contributed by atoms with Crippen LogP contribution < -0.4 is 5.32 Å². The summed E-state index contributed by atoms with van der Waals surface area (Å²) in [6.45, 7) is 4.57. The van der Waals surface area contributed by atoms with Gasteiger partial charge in [0.05, 0.1) is 17.6 Å². The molecule has 1 aliphatic heterocycles. The summed E-state index contributed by atoms with van der Waals surface area (Å²) < 4.78 is 27.8. The minimum absolute atomic E-state index is 0.104. The molecule has 1 fully saturated rings. The van der Waals surface area contributed by atoms with Gasteiger partial charge in [0.1, 0.15) is 0 Å². The molecule has 16 heavy (non-hydrogen) atoms. The predicted molar refractivity (Wildman–Crippen MR) is 68.2 cm³/mol. The smallest absolute Gasteiger partial charge is 0.256 e. The molecule has 0 aliphatic carbocycles. The summed E-state index contributed by atoms with van der Waals surface area (Å²) in [6, 6.07) is 0. The molecule has 1 N–H and O–H groups in total. The Kier molecular flexibility index (Phi) is 4.98. The van der Waals surface area contributed by atoms with Crippen LogP contribution in [0.25, 0.3) is 0 Å². The molecule has 2 atom stereocenters. The third-order valence-electron chi connectivity index (χ3n) is 2.74. The SMILES string of the molecule is CCC(C)OC(=S)NCC1CCS(=O)(=O)C1. The van der Waals surface area contributed by atoms with Crippen molar-refractivity contribution >= 4 is 27.2 Å². The molecule has 0 saturated carbocycles. The first-order valence-electron chi connectivity index (χ1n) is 5.58. The largest absolute Gasteiger partial charge is 0.468 e. The van der Waals surface area contributed by atoms with Crippen LogP contribution >= 0.6 is 12.2 Å². The summed E-state index contributed by atoms with van der Waals surface area (Å²) >= 11 is 5.01. The molecule has 1 heterocycles. The summed E-state index contributed by atoms with van der Waals surface area (Å²) in [6.07, 6.45) is 1.73. The molecule has 0 amide bonds.